The number of rotatable bonds is 7. The molecule has 134 valence electrons. The van der Waals surface area contributed by atoms with Crippen molar-refractivity contribution in [1.29, 1.82) is 0 Å². The second kappa shape index (κ2) is 8.15. The molecular weight excluding hydrogens is 334 g/mol. The van der Waals surface area contributed by atoms with Crippen molar-refractivity contribution in [3.05, 3.63) is 35.4 Å². The maximum atomic E-state index is 11.2. The van der Waals surface area contributed by atoms with Gasteiger partial charge in [-0.3, -0.25) is 18.4 Å². The van der Waals surface area contributed by atoms with Crippen LogP contribution in [-0.4, -0.2) is 62.7 Å². The van der Waals surface area contributed by atoms with E-state index in [9.17, 15) is 14.1 Å². The van der Waals surface area contributed by atoms with Crippen molar-refractivity contribution in [2.45, 2.75) is 25.2 Å². The third-order valence-corrected chi connectivity index (χ3v) is 4.70. The molecule has 1 aliphatic heterocycles. The van der Waals surface area contributed by atoms with Crippen LogP contribution in [0.2, 0.25) is 0 Å². The second-order valence-corrected chi connectivity index (χ2v) is 6.44. The Morgan fingerprint density at radius 2 is 2.00 bits per heavy atom. The van der Waals surface area contributed by atoms with Crippen LogP contribution < -0.4 is 11.1 Å². The summed E-state index contributed by atoms with van der Waals surface area (Å²) in [4.78, 5) is 13.0. The third kappa shape index (κ3) is 4.59. The molecule has 24 heavy (non-hydrogen) atoms. The molecule has 8 nitrogen and oxygen atoms in total. The summed E-state index contributed by atoms with van der Waals surface area (Å²) in [5, 5.41) is 14.4. The van der Waals surface area contributed by atoms with E-state index in [0.29, 0.717) is 31.7 Å². The number of benzene rings is 1. The number of piperazine rings is 1. The quantitative estimate of drug-likeness (QED) is 0.483. The highest BCUT2D eigenvalue weighted by Gasteiger charge is 2.42. The van der Waals surface area contributed by atoms with Crippen LogP contribution >= 0.6 is 0 Å². The summed E-state index contributed by atoms with van der Waals surface area (Å²) in [6, 6.07) is 6.59. The van der Waals surface area contributed by atoms with Crippen LogP contribution in [0, 0.1) is 0 Å². The van der Waals surface area contributed by atoms with Crippen LogP contribution in [0.3, 0.4) is 0 Å². The zero-order valence-electron chi connectivity index (χ0n) is 13.5. The van der Waals surface area contributed by atoms with Gasteiger partial charge in [-0.25, -0.2) is 0 Å². The van der Waals surface area contributed by atoms with Gasteiger partial charge in [0.15, 0.2) is 0 Å². The summed E-state index contributed by atoms with van der Waals surface area (Å²) >= 11 is -2.48. The highest BCUT2D eigenvalue weighted by atomic mass is 32.2. The fraction of sp³-hybridized carbons (Fsp3) is 0.533. The van der Waals surface area contributed by atoms with Crippen LogP contribution in [0.1, 0.15) is 22.8 Å². The number of hydrogen-bond acceptors (Lipinski definition) is 6. The summed E-state index contributed by atoms with van der Waals surface area (Å²) in [7, 11) is 0. The Kier molecular flexibility index (Phi) is 6.44. The predicted octanol–water partition coefficient (Wildman–Crippen LogP) is -0.536. The van der Waals surface area contributed by atoms with Gasteiger partial charge in [-0.05, 0) is 24.6 Å². The molecule has 0 bridgehead atoms. The number of nitrogens with one attached hydrogen (secondary N) is 1. The molecule has 0 aliphatic carbocycles. The first-order chi connectivity index (χ1) is 11.3. The molecule has 0 aromatic heterocycles. The third-order valence-electron chi connectivity index (χ3n) is 4.25. The Balaban J connectivity index is 2.23. The lowest BCUT2D eigenvalue weighted by molar-refractivity contribution is -0.167. The molecule has 1 aliphatic rings. The van der Waals surface area contributed by atoms with Crippen molar-refractivity contribution < 1.29 is 22.8 Å². The van der Waals surface area contributed by atoms with Gasteiger partial charge in [0.1, 0.15) is 11.8 Å². The number of nitrogens with two attached hydrogens (primary N) is 1. The van der Waals surface area contributed by atoms with E-state index in [4.69, 9.17) is 14.5 Å². The number of carbonyl (C=O) groups is 1. The van der Waals surface area contributed by atoms with E-state index in [1.54, 1.807) is 31.2 Å². The highest BCUT2D eigenvalue weighted by Crippen LogP contribution is 2.26. The minimum atomic E-state index is -2.48. The molecule has 0 saturated carbocycles. The molecule has 2 rings (SSSR count). The second-order valence-electron chi connectivity index (χ2n) is 5.81. The van der Waals surface area contributed by atoms with Crippen molar-refractivity contribution in [3.63, 3.8) is 0 Å². The molecule has 1 heterocycles. The molecule has 5 N–H and O–H groups in total. The first-order valence-electron chi connectivity index (χ1n) is 7.68. The number of aliphatic hydroxyl groups is 1. The van der Waals surface area contributed by atoms with Crippen molar-refractivity contribution in [2.24, 2.45) is 5.73 Å². The molecule has 1 fully saturated rings. The van der Waals surface area contributed by atoms with Gasteiger partial charge in [-0.15, -0.1) is 0 Å². The zero-order chi connectivity index (χ0) is 17.7. The minimum Gasteiger partial charge on any atom is -0.372 e. The fourth-order valence-corrected chi connectivity index (χ4v) is 3.25. The first-order valence-corrected chi connectivity index (χ1v) is 8.71. The Hall–Kier alpha value is -1.36. The molecule has 1 aromatic carbocycles. The molecule has 1 amide bonds. The van der Waals surface area contributed by atoms with E-state index in [0.717, 1.165) is 5.56 Å². The van der Waals surface area contributed by atoms with Crippen LogP contribution in [0.5, 0.6) is 0 Å². The van der Waals surface area contributed by atoms with Crippen molar-refractivity contribution in [2.75, 3.05) is 26.2 Å². The normalized spacial score (nSPS) is 21.0. The summed E-state index contributed by atoms with van der Waals surface area (Å²) in [5.41, 5.74) is 4.92. The number of nitrogens with zero attached hydrogens (tertiary/aromatic N) is 1. The topological polar surface area (TPSA) is 125 Å². The van der Waals surface area contributed by atoms with E-state index >= 15 is 0 Å². The van der Waals surface area contributed by atoms with E-state index in [-0.39, 0.29) is 6.42 Å². The lowest BCUT2D eigenvalue weighted by Crippen LogP contribution is -2.62. The highest BCUT2D eigenvalue weighted by molar-refractivity contribution is 7.74. The fourth-order valence-electron chi connectivity index (χ4n) is 2.85. The molecule has 0 spiro atoms. The molecular formula is C15H23N3O5S. The average Bonchev–Trinajstić information content (AvgIpc) is 2.55. The SMILES string of the molecule is CC(OS(=O)O)C(O)(Cc1ccc(C(N)=O)cc1)N1CCNCC1. The maximum absolute atomic E-state index is 11.2. The van der Waals surface area contributed by atoms with Gasteiger partial charge < -0.3 is 16.2 Å². The standard InChI is InChI=1S/C15H23N3O5S/c1-11(23-24(21)22)15(20,18-8-6-17-7-9-18)10-12-2-4-13(5-3-12)14(16)19/h2-5,11,17,20H,6-10H2,1H3,(H2,16,19)(H,21,22). The zero-order valence-corrected chi connectivity index (χ0v) is 14.3. The molecule has 0 radical (unpaired) electrons. The average molecular weight is 357 g/mol. The monoisotopic (exact) mass is 357 g/mol. The number of carbonyl (C=O) groups excluding carboxylic acids is 1. The van der Waals surface area contributed by atoms with Crippen molar-refractivity contribution >= 4 is 17.3 Å². The van der Waals surface area contributed by atoms with Crippen LogP contribution in [0.25, 0.3) is 0 Å². The van der Waals surface area contributed by atoms with Crippen LogP contribution in [0.15, 0.2) is 24.3 Å². The lowest BCUT2D eigenvalue weighted by atomic mass is 9.95. The Bertz CT molecular complexity index is 591. The Labute approximate surface area is 143 Å². The predicted molar refractivity (Wildman–Crippen MR) is 89.4 cm³/mol. The van der Waals surface area contributed by atoms with Crippen LogP contribution in [0.4, 0.5) is 0 Å². The van der Waals surface area contributed by atoms with Gasteiger partial charge in [0, 0.05) is 38.2 Å². The molecule has 9 heteroatoms. The first kappa shape index (κ1) is 19.0. The summed E-state index contributed by atoms with van der Waals surface area (Å²) in [5.74, 6) is -0.522. The van der Waals surface area contributed by atoms with Gasteiger partial charge in [0.2, 0.25) is 5.91 Å². The van der Waals surface area contributed by atoms with E-state index < -0.39 is 29.1 Å². The van der Waals surface area contributed by atoms with Gasteiger partial charge in [0.05, 0.1) is 0 Å². The summed E-state index contributed by atoms with van der Waals surface area (Å²) < 4.78 is 25.0. The molecule has 3 atom stereocenters. The largest absolute Gasteiger partial charge is 0.372 e. The van der Waals surface area contributed by atoms with Gasteiger partial charge in [-0.1, -0.05) is 12.1 Å². The smallest absolute Gasteiger partial charge is 0.302 e. The lowest BCUT2D eigenvalue weighted by Gasteiger charge is -2.44. The van der Waals surface area contributed by atoms with E-state index in [1.807, 2.05) is 4.90 Å². The van der Waals surface area contributed by atoms with Gasteiger partial charge >= 0.3 is 11.4 Å². The van der Waals surface area contributed by atoms with Gasteiger partial charge in [-0.2, -0.15) is 4.21 Å². The summed E-state index contributed by atoms with van der Waals surface area (Å²) in [6.07, 6.45) is -0.707. The minimum absolute atomic E-state index is 0.185. The Morgan fingerprint density at radius 3 is 2.50 bits per heavy atom. The number of hydrogen-bond donors (Lipinski definition) is 4. The van der Waals surface area contributed by atoms with Gasteiger partial charge in [0.25, 0.3) is 0 Å². The van der Waals surface area contributed by atoms with E-state index in [1.165, 1.54) is 0 Å². The maximum Gasteiger partial charge on any atom is 0.302 e. The number of primary amides is 1. The molecule has 1 saturated heterocycles. The molecule has 1 aromatic rings. The Morgan fingerprint density at radius 1 is 1.42 bits per heavy atom. The van der Waals surface area contributed by atoms with E-state index in [2.05, 4.69) is 5.32 Å². The van der Waals surface area contributed by atoms with Crippen molar-refractivity contribution in [3.8, 4) is 0 Å². The van der Waals surface area contributed by atoms with Crippen LogP contribution in [-0.2, 0) is 22.0 Å². The van der Waals surface area contributed by atoms with Crippen molar-refractivity contribution in [1.82, 2.24) is 10.2 Å². The molecule has 3 unspecified atom stereocenters. The summed E-state index contributed by atoms with van der Waals surface area (Å²) in [6.45, 7) is 4.15. The number of amides is 1.